The lowest BCUT2D eigenvalue weighted by Crippen LogP contribution is -2.41. The number of benzene rings is 1. The van der Waals surface area contributed by atoms with Crippen LogP contribution in [0.25, 0.3) is 0 Å². The maximum atomic E-state index is 11.0. The average molecular weight is 278 g/mol. The molecule has 1 aromatic carbocycles. The minimum atomic E-state index is -0.626. The van der Waals surface area contributed by atoms with Crippen LogP contribution in [0.15, 0.2) is 12.1 Å². The predicted octanol–water partition coefficient (Wildman–Crippen LogP) is 1.78. The molecule has 1 aromatic rings. The van der Waals surface area contributed by atoms with Gasteiger partial charge in [-0.15, -0.1) is 0 Å². The van der Waals surface area contributed by atoms with Gasteiger partial charge in [0.25, 0.3) is 5.69 Å². The van der Waals surface area contributed by atoms with Gasteiger partial charge in [0, 0.05) is 6.07 Å². The number of hydrogen-bond acceptors (Lipinski definition) is 5. The summed E-state index contributed by atoms with van der Waals surface area (Å²) in [5.41, 5.74) is 6.18. The first kappa shape index (κ1) is 14.8. The molecule has 1 fully saturated rings. The molecule has 1 aliphatic heterocycles. The lowest BCUT2D eigenvalue weighted by molar-refractivity contribution is -0.383. The van der Waals surface area contributed by atoms with E-state index in [2.05, 4.69) is 0 Å². The maximum absolute atomic E-state index is 11.0. The van der Waals surface area contributed by atoms with Gasteiger partial charge in [0.15, 0.2) is 0 Å². The number of anilines is 1. The van der Waals surface area contributed by atoms with Gasteiger partial charge < -0.3 is 15.0 Å². The summed E-state index contributed by atoms with van der Waals surface area (Å²) in [7, 11) is -0.626. The standard InChI is InChI=1S/C13H19BN2O4/c1-8-6-10(15)11(16(17)18)7-9(8)14-19-12(2,3)13(4,5)20-14/h6-7H,15H2,1-5H3. The third kappa shape index (κ3) is 2.27. The summed E-state index contributed by atoms with van der Waals surface area (Å²) in [6, 6.07) is 3.02. The molecule has 0 aliphatic carbocycles. The second kappa shape index (κ2) is 4.46. The smallest absolute Gasteiger partial charge is 0.399 e. The third-order valence-corrected chi connectivity index (χ3v) is 4.12. The van der Waals surface area contributed by atoms with Crippen molar-refractivity contribution in [2.75, 3.05) is 5.73 Å². The molecule has 20 heavy (non-hydrogen) atoms. The second-order valence-corrected chi connectivity index (χ2v) is 6.11. The Labute approximate surface area is 118 Å². The van der Waals surface area contributed by atoms with E-state index in [1.807, 2.05) is 34.6 Å². The Morgan fingerprint density at radius 2 is 1.70 bits per heavy atom. The summed E-state index contributed by atoms with van der Waals surface area (Å²) in [5, 5.41) is 11.0. The van der Waals surface area contributed by atoms with Gasteiger partial charge in [-0.3, -0.25) is 10.1 Å². The molecular weight excluding hydrogens is 259 g/mol. The number of nitrogens with zero attached hydrogens (tertiary/aromatic N) is 1. The topological polar surface area (TPSA) is 87.6 Å². The zero-order valence-corrected chi connectivity index (χ0v) is 12.4. The first-order valence-electron chi connectivity index (χ1n) is 6.45. The van der Waals surface area contributed by atoms with Crippen molar-refractivity contribution in [2.24, 2.45) is 0 Å². The van der Waals surface area contributed by atoms with Crippen molar-refractivity contribution in [1.82, 2.24) is 0 Å². The Morgan fingerprint density at radius 1 is 1.20 bits per heavy atom. The molecule has 0 spiro atoms. The highest BCUT2D eigenvalue weighted by molar-refractivity contribution is 6.62. The van der Waals surface area contributed by atoms with Gasteiger partial charge in [-0.2, -0.15) is 0 Å². The van der Waals surface area contributed by atoms with Gasteiger partial charge in [0.05, 0.1) is 16.1 Å². The van der Waals surface area contributed by atoms with Crippen LogP contribution in [0.4, 0.5) is 11.4 Å². The van der Waals surface area contributed by atoms with Crippen molar-refractivity contribution in [3.05, 3.63) is 27.8 Å². The van der Waals surface area contributed by atoms with Crippen molar-refractivity contribution < 1.29 is 14.2 Å². The van der Waals surface area contributed by atoms with Crippen LogP contribution in [-0.4, -0.2) is 23.2 Å². The molecule has 0 saturated carbocycles. The third-order valence-electron chi connectivity index (χ3n) is 4.12. The van der Waals surface area contributed by atoms with Crippen LogP contribution in [-0.2, 0) is 9.31 Å². The molecule has 1 saturated heterocycles. The molecular formula is C13H19BN2O4. The second-order valence-electron chi connectivity index (χ2n) is 6.11. The molecule has 0 bridgehead atoms. The van der Waals surface area contributed by atoms with E-state index in [9.17, 15) is 10.1 Å². The average Bonchev–Trinajstić information content (AvgIpc) is 2.47. The molecule has 0 radical (unpaired) electrons. The molecule has 0 amide bonds. The lowest BCUT2D eigenvalue weighted by atomic mass is 9.76. The van der Waals surface area contributed by atoms with Crippen molar-refractivity contribution in [3.63, 3.8) is 0 Å². The molecule has 0 aromatic heterocycles. The van der Waals surface area contributed by atoms with E-state index in [0.717, 1.165) is 5.56 Å². The van der Waals surface area contributed by atoms with Crippen LogP contribution in [0.2, 0.25) is 0 Å². The van der Waals surface area contributed by atoms with Gasteiger partial charge in [-0.05, 0) is 51.7 Å². The van der Waals surface area contributed by atoms with Crippen LogP contribution in [0.3, 0.4) is 0 Å². The Balaban J connectivity index is 2.45. The molecule has 1 aliphatic rings. The minimum absolute atomic E-state index is 0.125. The number of nitro groups is 1. The summed E-state index contributed by atoms with van der Waals surface area (Å²) in [4.78, 5) is 10.5. The van der Waals surface area contributed by atoms with E-state index < -0.39 is 23.2 Å². The van der Waals surface area contributed by atoms with Crippen LogP contribution in [0.1, 0.15) is 33.3 Å². The Morgan fingerprint density at radius 3 is 2.15 bits per heavy atom. The fourth-order valence-electron chi connectivity index (χ4n) is 2.12. The zero-order chi connectivity index (χ0) is 15.3. The fourth-order valence-corrected chi connectivity index (χ4v) is 2.12. The van der Waals surface area contributed by atoms with Crippen LogP contribution in [0.5, 0.6) is 0 Å². The number of nitrogens with two attached hydrogens (primary N) is 1. The van der Waals surface area contributed by atoms with Crippen LogP contribution >= 0.6 is 0 Å². The van der Waals surface area contributed by atoms with Gasteiger partial charge in [0.2, 0.25) is 0 Å². The SMILES string of the molecule is Cc1cc(N)c([N+](=O)[O-])cc1B1OC(C)(C)C(C)(C)O1. The monoisotopic (exact) mass is 278 g/mol. The number of rotatable bonds is 2. The molecule has 0 unspecified atom stereocenters. The zero-order valence-electron chi connectivity index (χ0n) is 12.4. The van der Waals surface area contributed by atoms with E-state index in [-0.39, 0.29) is 11.4 Å². The molecule has 108 valence electrons. The Hall–Kier alpha value is -1.60. The van der Waals surface area contributed by atoms with E-state index in [1.54, 1.807) is 6.07 Å². The number of aryl methyl sites for hydroxylation is 1. The van der Waals surface area contributed by atoms with E-state index in [0.29, 0.717) is 5.46 Å². The van der Waals surface area contributed by atoms with Gasteiger partial charge in [0.1, 0.15) is 5.69 Å². The van der Waals surface area contributed by atoms with Gasteiger partial charge >= 0.3 is 7.12 Å². The van der Waals surface area contributed by atoms with Crippen molar-refractivity contribution in [2.45, 2.75) is 45.8 Å². The molecule has 0 atom stereocenters. The summed E-state index contributed by atoms with van der Waals surface area (Å²) in [6.45, 7) is 9.59. The molecule has 2 N–H and O–H groups in total. The highest BCUT2D eigenvalue weighted by Gasteiger charge is 2.52. The lowest BCUT2D eigenvalue weighted by Gasteiger charge is -2.32. The molecule has 2 rings (SSSR count). The van der Waals surface area contributed by atoms with E-state index in [4.69, 9.17) is 15.0 Å². The number of hydrogen-bond donors (Lipinski definition) is 1. The Kier molecular flexibility index (Phi) is 3.30. The number of nitrogen functional groups attached to an aromatic ring is 1. The first-order chi connectivity index (χ1) is 9.05. The highest BCUT2D eigenvalue weighted by atomic mass is 16.7. The first-order valence-corrected chi connectivity index (χ1v) is 6.45. The van der Waals surface area contributed by atoms with Gasteiger partial charge in [-0.1, -0.05) is 0 Å². The summed E-state index contributed by atoms with van der Waals surface area (Å²) in [5.74, 6) is 0. The number of nitro benzene ring substituents is 1. The maximum Gasteiger partial charge on any atom is 0.495 e. The normalized spacial score (nSPS) is 20.1. The summed E-state index contributed by atoms with van der Waals surface area (Å²) >= 11 is 0. The molecule has 6 nitrogen and oxygen atoms in total. The van der Waals surface area contributed by atoms with Crippen LogP contribution < -0.4 is 11.2 Å². The molecule has 7 heteroatoms. The largest absolute Gasteiger partial charge is 0.495 e. The Bertz CT molecular complexity index is 556. The predicted molar refractivity (Wildman–Crippen MR) is 78.0 cm³/mol. The van der Waals surface area contributed by atoms with E-state index >= 15 is 0 Å². The summed E-state index contributed by atoms with van der Waals surface area (Å²) in [6.07, 6.45) is 0. The van der Waals surface area contributed by atoms with Crippen LogP contribution in [0, 0.1) is 17.0 Å². The van der Waals surface area contributed by atoms with Crippen molar-refractivity contribution >= 4 is 24.0 Å². The highest BCUT2D eigenvalue weighted by Crippen LogP contribution is 2.37. The molecule has 1 heterocycles. The van der Waals surface area contributed by atoms with Crippen molar-refractivity contribution in [1.29, 1.82) is 0 Å². The summed E-state index contributed by atoms with van der Waals surface area (Å²) < 4.78 is 11.8. The van der Waals surface area contributed by atoms with E-state index in [1.165, 1.54) is 6.07 Å². The van der Waals surface area contributed by atoms with Crippen molar-refractivity contribution in [3.8, 4) is 0 Å². The fraction of sp³-hybridized carbons (Fsp3) is 0.538. The minimum Gasteiger partial charge on any atom is -0.399 e. The quantitative estimate of drug-likeness (QED) is 0.385. The van der Waals surface area contributed by atoms with Gasteiger partial charge in [-0.25, -0.2) is 0 Å².